The Kier molecular flexibility index (Phi) is 11.0. The minimum atomic E-state index is -4.87. The number of hydrogen-bond acceptors (Lipinski definition) is 5. The summed E-state index contributed by atoms with van der Waals surface area (Å²) in [5.41, 5.74) is -0.810. The van der Waals surface area contributed by atoms with Crippen LogP contribution in [-0.4, -0.2) is 47.7 Å². The number of azo groups is 1. The van der Waals surface area contributed by atoms with E-state index in [-0.39, 0.29) is 57.7 Å². The Morgan fingerprint density at radius 1 is 1.23 bits per heavy atom. The second kappa shape index (κ2) is 12.5. The lowest BCUT2D eigenvalue weighted by molar-refractivity contribution is -0.147. The van der Waals surface area contributed by atoms with Crippen molar-refractivity contribution in [3.63, 3.8) is 0 Å². The van der Waals surface area contributed by atoms with Crippen molar-refractivity contribution < 1.29 is 31.9 Å². The number of ketones is 1. The van der Waals surface area contributed by atoms with Crippen LogP contribution in [0.2, 0.25) is 0 Å². The van der Waals surface area contributed by atoms with Gasteiger partial charge in [-0.3, -0.25) is 14.4 Å². The van der Waals surface area contributed by atoms with Crippen LogP contribution in [0.25, 0.3) is 0 Å². The standard InChI is InChI=1S/C22H24F4N4O3.2H2S/c1-3-17(18-6-8-27-29-18)28-20(32)21(33)30-9-7-14(12(30)2)19(31)11-13-4-5-16(23)15(10-13)22(24,25)26;;/h4-6,10,12,14,17H,3,7-9,11H2,1-2H3,(H,28,32);2*1H2/t12-,14-,17-;;/m0../s1. The fourth-order valence-electron chi connectivity index (χ4n) is 4.13. The molecule has 0 bridgehead atoms. The van der Waals surface area contributed by atoms with Gasteiger partial charge in [0.1, 0.15) is 11.6 Å². The second-order valence-electron chi connectivity index (χ2n) is 8.08. The molecule has 0 spiro atoms. The molecule has 0 radical (unpaired) electrons. The number of carbonyl (C=O) groups excluding carboxylic acids is 3. The maximum absolute atomic E-state index is 13.5. The summed E-state index contributed by atoms with van der Waals surface area (Å²) in [6.45, 7) is 4.04. The zero-order chi connectivity index (χ0) is 24.3. The Labute approximate surface area is 214 Å². The summed E-state index contributed by atoms with van der Waals surface area (Å²) in [6, 6.07) is 1.39. The number of halogens is 4. The van der Waals surface area contributed by atoms with Crippen LogP contribution in [0.3, 0.4) is 0 Å². The summed E-state index contributed by atoms with van der Waals surface area (Å²) < 4.78 is 52.3. The van der Waals surface area contributed by atoms with Crippen LogP contribution in [0.5, 0.6) is 0 Å². The maximum atomic E-state index is 13.5. The summed E-state index contributed by atoms with van der Waals surface area (Å²) in [4.78, 5) is 39.3. The molecule has 2 heterocycles. The maximum Gasteiger partial charge on any atom is 0.419 e. The zero-order valence-corrected chi connectivity index (χ0v) is 21.2. The molecule has 1 N–H and O–H groups in total. The largest absolute Gasteiger partial charge is 0.419 e. The van der Waals surface area contributed by atoms with Crippen LogP contribution in [0.1, 0.15) is 37.8 Å². The Morgan fingerprint density at radius 3 is 2.49 bits per heavy atom. The van der Waals surface area contributed by atoms with E-state index in [9.17, 15) is 31.9 Å². The summed E-state index contributed by atoms with van der Waals surface area (Å²) >= 11 is 0. The first-order valence-electron chi connectivity index (χ1n) is 10.6. The topological polar surface area (TPSA) is 91.2 Å². The first kappa shape index (κ1) is 30.6. The first-order valence-corrected chi connectivity index (χ1v) is 10.6. The van der Waals surface area contributed by atoms with E-state index in [2.05, 4.69) is 15.5 Å². The van der Waals surface area contributed by atoms with Crippen molar-refractivity contribution in [2.75, 3.05) is 13.1 Å². The molecule has 1 aromatic rings. The SMILES string of the molecule is CC[C@H](NC(=O)C(=O)N1CC[C@H](C(=O)Cc2ccc(F)c(C(F)(F)F)c2)[C@@H]1C)C1=CCN=N1.S.S. The molecule has 194 valence electrons. The highest BCUT2D eigenvalue weighted by Crippen LogP contribution is 2.33. The monoisotopic (exact) mass is 536 g/mol. The van der Waals surface area contributed by atoms with Crippen molar-refractivity contribution >= 4 is 44.6 Å². The molecule has 2 aliphatic heterocycles. The molecule has 35 heavy (non-hydrogen) atoms. The average Bonchev–Trinajstić information content (AvgIpc) is 3.42. The average molecular weight is 537 g/mol. The van der Waals surface area contributed by atoms with Crippen molar-refractivity contribution in [3.8, 4) is 0 Å². The fourth-order valence-corrected chi connectivity index (χ4v) is 4.13. The smallest absolute Gasteiger partial charge is 0.339 e. The molecular weight excluding hydrogens is 508 g/mol. The van der Waals surface area contributed by atoms with Crippen LogP contribution in [0.4, 0.5) is 17.6 Å². The molecule has 3 rings (SSSR count). The molecule has 1 fully saturated rings. The zero-order valence-electron chi connectivity index (χ0n) is 19.2. The molecule has 0 aliphatic carbocycles. The highest BCUT2D eigenvalue weighted by atomic mass is 32.1. The van der Waals surface area contributed by atoms with Crippen molar-refractivity contribution in [1.29, 1.82) is 0 Å². The number of alkyl halides is 3. The number of Topliss-reactive ketones (excluding diaryl/α,β-unsaturated/α-hetero) is 1. The quantitative estimate of drug-likeness (QED) is 0.444. The predicted molar refractivity (Wildman–Crippen MR) is 130 cm³/mol. The van der Waals surface area contributed by atoms with Crippen molar-refractivity contribution in [1.82, 2.24) is 10.2 Å². The van der Waals surface area contributed by atoms with Gasteiger partial charge in [-0.1, -0.05) is 13.0 Å². The van der Waals surface area contributed by atoms with Crippen LogP contribution >= 0.6 is 27.0 Å². The fraction of sp³-hybridized carbons (Fsp3) is 0.500. The van der Waals surface area contributed by atoms with E-state index in [1.807, 2.05) is 6.92 Å². The third kappa shape index (κ3) is 7.06. The van der Waals surface area contributed by atoms with Gasteiger partial charge in [0, 0.05) is 24.9 Å². The minimum Gasteiger partial charge on any atom is -0.339 e. The predicted octanol–water partition coefficient (Wildman–Crippen LogP) is 3.66. The van der Waals surface area contributed by atoms with Crippen LogP contribution in [0, 0.1) is 11.7 Å². The van der Waals surface area contributed by atoms with Gasteiger partial charge < -0.3 is 10.2 Å². The van der Waals surface area contributed by atoms with Crippen molar-refractivity contribution in [2.24, 2.45) is 16.1 Å². The number of carbonyl (C=O) groups is 3. The number of rotatable bonds is 6. The highest BCUT2D eigenvalue weighted by Gasteiger charge is 2.40. The van der Waals surface area contributed by atoms with Gasteiger partial charge in [0.25, 0.3) is 0 Å². The molecule has 1 aromatic carbocycles. The summed E-state index contributed by atoms with van der Waals surface area (Å²) in [5, 5.41) is 10.4. The lowest BCUT2D eigenvalue weighted by Crippen LogP contribution is -2.48. The molecule has 13 heteroatoms. The van der Waals surface area contributed by atoms with E-state index < -0.39 is 47.4 Å². The minimum absolute atomic E-state index is 0. The number of nitrogens with zero attached hydrogens (tertiary/aromatic N) is 3. The lowest BCUT2D eigenvalue weighted by atomic mass is 9.91. The number of hydrogen-bond donors (Lipinski definition) is 1. The summed E-state index contributed by atoms with van der Waals surface area (Å²) in [5.74, 6) is -4.03. The molecule has 0 saturated carbocycles. The Hall–Kier alpha value is -2.41. The summed E-state index contributed by atoms with van der Waals surface area (Å²) in [7, 11) is 0. The van der Waals surface area contributed by atoms with Gasteiger partial charge in [-0.2, -0.15) is 50.4 Å². The molecule has 7 nitrogen and oxygen atoms in total. The third-order valence-corrected chi connectivity index (χ3v) is 5.98. The molecular formula is C22H28F4N4O3S2. The van der Waals surface area contributed by atoms with E-state index in [1.54, 1.807) is 13.0 Å². The number of nitrogens with one attached hydrogen (secondary N) is 1. The molecule has 2 amide bonds. The molecule has 2 aliphatic rings. The van der Waals surface area contributed by atoms with Crippen molar-refractivity contribution in [3.05, 3.63) is 46.9 Å². The van der Waals surface area contributed by atoms with Gasteiger partial charge >= 0.3 is 18.0 Å². The lowest BCUT2D eigenvalue weighted by Gasteiger charge is -2.25. The number of likely N-dealkylation sites (tertiary alicyclic amines) is 1. The Morgan fingerprint density at radius 2 is 1.91 bits per heavy atom. The number of benzene rings is 1. The van der Waals surface area contributed by atoms with E-state index in [0.29, 0.717) is 30.8 Å². The Bertz CT molecular complexity index is 1020. The molecule has 1 saturated heterocycles. The summed E-state index contributed by atoms with van der Waals surface area (Å²) in [6.07, 6.45) is -2.65. The third-order valence-electron chi connectivity index (χ3n) is 5.98. The van der Waals surface area contributed by atoms with Gasteiger partial charge in [-0.15, -0.1) is 0 Å². The number of amides is 2. The van der Waals surface area contributed by atoms with Crippen LogP contribution < -0.4 is 5.32 Å². The van der Waals surface area contributed by atoms with E-state index in [4.69, 9.17) is 0 Å². The van der Waals surface area contributed by atoms with E-state index in [1.165, 1.54) is 4.90 Å². The van der Waals surface area contributed by atoms with E-state index >= 15 is 0 Å². The van der Waals surface area contributed by atoms with Gasteiger partial charge in [0.15, 0.2) is 0 Å². The van der Waals surface area contributed by atoms with Gasteiger partial charge in [-0.25, -0.2) is 4.39 Å². The van der Waals surface area contributed by atoms with Gasteiger partial charge in [0.2, 0.25) is 0 Å². The van der Waals surface area contributed by atoms with Crippen molar-refractivity contribution in [2.45, 2.75) is 51.4 Å². The van der Waals surface area contributed by atoms with Gasteiger partial charge in [-0.05, 0) is 43.5 Å². The van der Waals surface area contributed by atoms with Gasteiger partial charge in [0.05, 0.1) is 23.8 Å². The van der Waals surface area contributed by atoms with E-state index in [0.717, 1.165) is 6.07 Å². The van der Waals surface area contributed by atoms with Crippen LogP contribution in [0.15, 0.2) is 40.2 Å². The molecule has 3 atom stereocenters. The van der Waals surface area contributed by atoms with Crippen LogP contribution in [-0.2, 0) is 27.0 Å². The normalized spacial score (nSPS) is 19.9. The highest BCUT2D eigenvalue weighted by molar-refractivity contribution is 7.59. The first-order chi connectivity index (χ1) is 15.5. The second-order valence-corrected chi connectivity index (χ2v) is 8.08. The molecule has 0 aromatic heterocycles. The Balaban J connectivity index is 0.00000306. The molecule has 0 unspecified atom stereocenters.